The van der Waals surface area contributed by atoms with Crippen LogP contribution in [0.15, 0.2) is 173 Å². The fourth-order valence-electron chi connectivity index (χ4n) is 7.55. The van der Waals surface area contributed by atoms with Crippen molar-refractivity contribution in [3.05, 3.63) is 164 Å². The Morgan fingerprint density at radius 1 is 0.308 bits per heavy atom. The van der Waals surface area contributed by atoms with Gasteiger partial charge in [-0.25, -0.2) is 15.0 Å². The van der Waals surface area contributed by atoms with Crippen molar-refractivity contribution in [3.63, 3.8) is 0 Å². The highest BCUT2D eigenvalue weighted by atomic mass is 16.3. The van der Waals surface area contributed by atoms with Crippen LogP contribution >= 0.6 is 0 Å². The first kappa shape index (κ1) is 28.7. The summed E-state index contributed by atoms with van der Waals surface area (Å²) in [6.45, 7) is 0. The summed E-state index contributed by atoms with van der Waals surface area (Å²) in [4.78, 5) is 15.3. The topological polar surface area (TPSA) is 65.0 Å². The molecule has 3 aromatic heterocycles. The molecule has 11 rings (SSSR count). The molecule has 0 radical (unpaired) electrons. The molecule has 5 heteroatoms. The molecule has 8 aromatic carbocycles. The molecule has 0 saturated carbocycles. The van der Waals surface area contributed by atoms with Gasteiger partial charge in [0.25, 0.3) is 0 Å². The molecule has 0 aliphatic carbocycles. The third kappa shape index (κ3) is 4.53. The normalized spacial score (nSPS) is 11.8. The summed E-state index contributed by atoms with van der Waals surface area (Å²) >= 11 is 0. The maximum atomic E-state index is 6.58. The van der Waals surface area contributed by atoms with Gasteiger partial charge < -0.3 is 8.83 Å². The lowest BCUT2D eigenvalue weighted by atomic mass is 9.95. The van der Waals surface area contributed by atoms with E-state index >= 15 is 0 Å². The molecule has 0 aliphatic rings. The summed E-state index contributed by atoms with van der Waals surface area (Å²) in [6, 6.07) is 56.4. The van der Waals surface area contributed by atoms with Gasteiger partial charge in [-0.3, -0.25) is 0 Å². The lowest BCUT2D eigenvalue weighted by molar-refractivity contribution is 0.669. The fraction of sp³-hybridized carbons (Fsp3) is 0. The monoisotopic (exact) mass is 665 g/mol. The fourth-order valence-corrected chi connectivity index (χ4v) is 7.55. The predicted molar refractivity (Wildman–Crippen MR) is 211 cm³/mol. The van der Waals surface area contributed by atoms with E-state index in [2.05, 4.69) is 121 Å². The summed E-state index contributed by atoms with van der Waals surface area (Å²) in [5.41, 5.74) is 8.30. The molecule has 52 heavy (non-hydrogen) atoms. The van der Waals surface area contributed by atoms with Crippen LogP contribution in [0.25, 0.3) is 111 Å². The molecular weight excluding hydrogens is 639 g/mol. The first-order valence-electron chi connectivity index (χ1n) is 17.3. The third-order valence-electron chi connectivity index (χ3n) is 10.1. The van der Waals surface area contributed by atoms with Crippen molar-refractivity contribution in [2.24, 2.45) is 0 Å². The molecule has 0 saturated heterocycles. The van der Waals surface area contributed by atoms with Crippen LogP contribution in [0.1, 0.15) is 0 Å². The molecule has 0 aliphatic heterocycles. The minimum atomic E-state index is 0.574. The van der Waals surface area contributed by atoms with Crippen molar-refractivity contribution < 1.29 is 8.83 Å². The summed E-state index contributed by atoms with van der Waals surface area (Å²) in [5, 5.41) is 8.73. The van der Waals surface area contributed by atoms with E-state index in [4.69, 9.17) is 23.8 Å². The summed E-state index contributed by atoms with van der Waals surface area (Å²) in [5.74, 6) is 1.76. The first-order chi connectivity index (χ1) is 25.7. The highest BCUT2D eigenvalue weighted by Gasteiger charge is 2.18. The van der Waals surface area contributed by atoms with Crippen LogP contribution in [-0.2, 0) is 0 Å². The quantitative estimate of drug-likeness (QED) is 0.187. The van der Waals surface area contributed by atoms with Gasteiger partial charge in [-0.05, 0) is 75.8 Å². The Balaban J connectivity index is 1.13. The Hall–Kier alpha value is -7.11. The van der Waals surface area contributed by atoms with Crippen molar-refractivity contribution >= 4 is 65.4 Å². The number of para-hydroxylation sites is 1. The van der Waals surface area contributed by atoms with Gasteiger partial charge in [-0.2, -0.15) is 0 Å². The molecule has 242 valence electrons. The van der Waals surface area contributed by atoms with Gasteiger partial charge in [0.05, 0.1) is 0 Å². The molecule has 0 amide bonds. The standard InChI is InChI=1S/C47H27N3O2/c1-2-11-29(12-3-1)38-27-40-39-25-32(21-23-42(39)52-44(40)37-16-7-6-14-34(37)38)46-48-45(31-19-18-28-10-4-5-13-30(28)24-31)49-47(50-46)33-20-22-36-35-15-8-9-17-41(35)51-43(36)26-33/h1-27H. The van der Waals surface area contributed by atoms with Crippen molar-refractivity contribution in [2.45, 2.75) is 0 Å². The Bertz CT molecular complexity index is 3190. The van der Waals surface area contributed by atoms with E-state index < -0.39 is 0 Å². The van der Waals surface area contributed by atoms with Crippen LogP contribution in [0.3, 0.4) is 0 Å². The van der Waals surface area contributed by atoms with E-state index in [9.17, 15) is 0 Å². The van der Waals surface area contributed by atoms with Gasteiger partial charge in [0.1, 0.15) is 22.3 Å². The molecule has 0 unspecified atom stereocenters. The van der Waals surface area contributed by atoms with Crippen LogP contribution in [0.5, 0.6) is 0 Å². The van der Waals surface area contributed by atoms with Crippen LogP contribution < -0.4 is 0 Å². The Morgan fingerprint density at radius 2 is 0.904 bits per heavy atom. The summed E-state index contributed by atoms with van der Waals surface area (Å²) in [7, 11) is 0. The van der Waals surface area contributed by atoms with Gasteiger partial charge in [0, 0.05) is 43.6 Å². The zero-order valence-corrected chi connectivity index (χ0v) is 27.7. The van der Waals surface area contributed by atoms with Crippen LogP contribution in [0.4, 0.5) is 0 Å². The zero-order chi connectivity index (χ0) is 34.2. The zero-order valence-electron chi connectivity index (χ0n) is 27.7. The number of furan rings is 2. The van der Waals surface area contributed by atoms with E-state index in [1.54, 1.807) is 0 Å². The largest absolute Gasteiger partial charge is 0.456 e. The molecule has 0 bridgehead atoms. The van der Waals surface area contributed by atoms with E-state index in [0.717, 1.165) is 87.7 Å². The molecular formula is C47H27N3O2. The van der Waals surface area contributed by atoms with Gasteiger partial charge in [0.15, 0.2) is 17.5 Å². The molecule has 0 fully saturated rings. The molecule has 11 aromatic rings. The SMILES string of the molecule is c1ccc(-c2cc3c4cc(-c5nc(-c6ccc7ccccc7c6)nc(-c6ccc7c(c6)oc6ccccc67)n5)ccc4oc3c3ccccc23)cc1. The summed E-state index contributed by atoms with van der Waals surface area (Å²) < 4.78 is 12.8. The Morgan fingerprint density at radius 3 is 1.73 bits per heavy atom. The number of benzene rings is 8. The van der Waals surface area contributed by atoms with Gasteiger partial charge in [0.2, 0.25) is 0 Å². The molecule has 5 nitrogen and oxygen atoms in total. The van der Waals surface area contributed by atoms with Gasteiger partial charge >= 0.3 is 0 Å². The van der Waals surface area contributed by atoms with Crippen LogP contribution in [0.2, 0.25) is 0 Å². The second-order valence-electron chi connectivity index (χ2n) is 13.2. The number of nitrogens with zero attached hydrogens (tertiary/aromatic N) is 3. The van der Waals surface area contributed by atoms with E-state index in [1.165, 1.54) is 5.56 Å². The van der Waals surface area contributed by atoms with Crippen molar-refractivity contribution in [1.82, 2.24) is 15.0 Å². The van der Waals surface area contributed by atoms with Crippen molar-refractivity contribution in [2.75, 3.05) is 0 Å². The molecule has 3 heterocycles. The molecule has 0 N–H and O–H groups in total. The van der Waals surface area contributed by atoms with Crippen molar-refractivity contribution in [1.29, 1.82) is 0 Å². The van der Waals surface area contributed by atoms with Gasteiger partial charge in [-0.1, -0.05) is 115 Å². The maximum absolute atomic E-state index is 6.58. The minimum absolute atomic E-state index is 0.574. The second-order valence-corrected chi connectivity index (χ2v) is 13.2. The summed E-state index contributed by atoms with van der Waals surface area (Å²) in [6.07, 6.45) is 0. The number of rotatable bonds is 4. The lowest BCUT2D eigenvalue weighted by Crippen LogP contribution is -2.00. The Labute approximate surface area is 297 Å². The molecule has 0 atom stereocenters. The average molecular weight is 666 g/mol. The number of fused-ring (bicyclic) bond motifs is 9. The maximum Gasteiger partial charge on any atom is 0.164 e. The van der Waals surface area contributed by atoms with Crippen molar-refractivity contribution in [3.8, 4) is 45.3 Å². The third-order valence-corrected chi connectivity index (χ3v) is 10.1. The number of aromatic nitrogens is 3. The van der Waals surface area contributed by atoms with E-state index in [1.807, 2.05) is 42.5 Å². The van der Waals surface area contributed by atoms with E-state index in [0.29, 0.717) is 17.5 Å². The average Bonchev–Trinajstić information content (AvgIpc) is 3.78. The Kier molecular flexibility index (Phi) is 6.18. The number of hydrogen-bond donors (Lipinski definition) is 0. The molecule has 0 spiro atoms. The number of hydrogen-bond acceptors (Lipinski definition) is 5. The minimum Gasteiger partial charge on any atom is -0.456 e. The van der Waals surface area contributed by atoms with Gasteiger partial charge in [-0.15, -0.1) is 0 Å². The highest BCUT2D eigenvalue weighted by molar-refractivity contribution is 6.19. The smallest absolute Gasteiger partial charge is 0.164 e. The highest BCUT2D eigenvalue weighted by Crippen LogP contribution is 2.41. The van der Waals surface area contributed by atoms with Crippen LogP contribution in [-0.4, -0.2) is 15.0 Å². The predicted octanol–water partition coefficient (Wildman–Crippen LogP) is 12.6. The first-order valence-corrected chi connectivity index (χ1v) is 17.3. The second kappa shape index (κ2) is 11.2. The van der Waals surface area contributed by atoms with E-state index in [-0.39, 0.29) is 0 Å². The van der Waals surface area contributed by atoms with Crippen LogP contribution in [0, 0.1) is 0 Å². The lowest BCUT2D eigenvalue weighted by Gasteiger charge is -2.09.